The van der Waals surface area contributed by atoms with Crippen LogP contribution in [0.3, 0.4) is 0 Å². The van der Waals surface area contributed by atoms with Crippen LogP contribution in [0.1, 0.15) is 22.8 Å². The SMILES string of the molecule is CC(=O)c1ccc(F)c(O)c1C(F)(F)F. The maximum absolute atomic E-state index is 12.7. The van der Waals surface area contributed by atoms with Crippen LogP contribution >= 0.6 is 0 Å². The molecule has 15 heavy (non-hydrogen) atoms. The van der Waals surface area contributed by atoms with Crippen molar-refractivity contribution in [3.63, 3.8) is 0 Å². The Labute approximate surface area is 82.1 Å². The fourth-order valence-electron chi connectivity index (χ4n) is 1.15. The molecule has 0 amide bonds. The standard InChI is InChI=1S/C9H6F4O2/c1-4(14)5-2-3-6(10)8(15)7(5)9(11,12)13/h2-3,15H,1H3. The van der Waals surface area contributed by atoms with Crippen LogP contribution in [-0.2, 0) is 6.18 Å². The summed E-state index contributed by atoms with van der Waals surface area (Å²) in [6, 6.07) is 1.31. The molecule has 82 valence electrons. The van der Waals surface area contributed by atoms with E-state index in [1.807, 2.05) is 0 Å². The number of halogens is 4. The van der Waals surface area contributed by atoms with Crippen molar-refractivity contribution in [1.82, 2.24) is 0 Å². The number of carbonyl (C=O) groups excluding carboxylic acids is 1. The first-order chi connectivity index (χ1) is 6.75. The average molecular weight is 222 g/mol. The Morgan fingerprint density at radius 3 is 2.27 bits per heavy atom. The van der Waals surface area contributed by atoms with E-state index < -0.39 is 34.7 Å². The average Bonchev–Trinajstić information content (AvgIpc) is 2.06. The van der Waals surface area contributed by atoms with Crippen LogP contribution < -0.4 is 0 Å². The molecule has 6 heteroatoms. The first-order valence-electron chi connectivity index (χ1n) is 3.84. The lowest BCUT2D eigenvalue weighted by Gasteiger charge is -2.12. The molecule has 0 spiro atoms. The van der Waals surface area contributed by atoms with Crippen LogP contribution in [0.25, 0.3) is 0 Å². The van der Waals surface area contributed by atoms with E-state index in [1.165, 1.54) is 0 Å². The molecule has 1 aromatic rings. The molecule has 0 saturated carbocycles. The largest absolute Gasteiger partial charge is 0.504 e. The molecule has 1 rings (SSSR count). The summed E-state index contributed by atoms with van der Waals surface area (Å²) >= 11 is 0. The van der Waals surface area contributed by atoms with Crippen LogP contribution in [0.4, 0.5) is 17.6 Å². The summed E-state index contributed by atoms with van der Waals surface area (Å²) in [4.78, 5) is 10.8. The highest BCUT2D eigenvalue weighted by Gasteiger charge is 2.38. The van der Waals surface area contributed by atoms with Gasteiger partial charge in [-0.25, -0.2) is 4.39 Å². The van der Waals surface area contributed by atoms with E-state index in [9.17, 15) is 22.4 Å². The number of rotatable bonds is 1. The fraction of sp³-hybridized carbons (Fsp3) is 0.222. The maximum Gasteiger partial charge on any atom is 0.420 e. The number of phenolic OH excluding ortho intramolecular Hbond substituents is 1. The summed E-state index contributed by atoms with van der Waals surface area (Å²) < 4.78 is 49.8. The number of aromatic hydroxyl groups is 1. The van der Waals surface area contributed by atoms with E-state index in [4.69, 9.17) is 5.11 Å². The molecule has 0 heterocycles. The van der Waals surface area contributed by atoms with Crippen molar-refractivity contribution >= 4 is 5.78 Å². The van der Waals surface area contributed by atoms with Crippen molar-refractivity contribution in [2.75, 3.05) is 0 Å². The Morgan fingerprint density at radius 2 is 1.87 bits per heavy atom. The number of alkyl halides is 3. The zero-order valence-electron chi connectivity index (χ0n) is 7.52. The molecule has 0 bridgehead atoms. The van der Waals surface area contributed by atoms with Crippen molar-refractivity contribution in [2.45, 2.75) is 13.1 Å². The number of carbonyl (C=O) groups is 1. The number of Topliss-reactive ketones (excluding diaryl/α,β-unsaturated/α-hetero) is 1. The molecule has 1 N–H and O–H groups in total. The Bertz CT molecular complexity index is 409. The van der Waals surface area contributed by atoms with E-state index in [1.54, 1.807) is 0 Å². The molecule has 1 aromatic carbocycles. The van der Waals surface area contributed by atoms with Gasteiger partial charge in [0.15, 0.2) is 17.3 Å². The van der Waals surface area contributed by atoms with Crippen molar-refractivity contribution in [2.24, 2.45) is 0 Å². The highest BCUT2D eigenvalue weighted by atomic mass is 19.4. The topological polar surface area (TPSA) is 37.3 Å². The quantitative estimate of drug-likeness (QED) is 0.586. The van der Waals surface area contributed by atoms with Crippen molar-refractivity contribution < 1.29 is 27.5 Å². The van der Waals surface area contributed by atoms with Crippen LogP contribution in [0, 0.1) is 5.82 Å². The molecule has 0 radical (unpaired) electrons. The van der Waals surface area contributed by atoms with Gasteiger partial charge in [-0.3, -0.25) is 4.79 Å². The van der Waals surface area contributed by atoms with E-state index in [0.717, 1.165) is 6.92 Å². The second kappa shape index (κ2) is 3.52. The third kappa shape index (κ3) is 2.08. The van der Waals surface area contributed by atoms with Gasteiger partial charge >= 0.3 is 6.18 Å². The molecule has 0 saturated heterocycles. The van der Waals surface area contributed by atoms with Crippen LogP contribution in [0.15, 0.2) is 12.1 Å². The van der Waals surface area contributed by atoms with Crippen molar-refractivity contribution in [3.05, 3.63) is 29.1 Å². The van der Waals surface area contributed by atoms with Gasteiger partial charge in [0, 0.05) is 5.56 Å². The van der Waals surface area contributed by atoms with Crippen molar-refractivity contribution in [3.8, 4) is 5.75 Å². The van der Waals surface area contributed by atoms with E-state index in [2.05, 4.69) is 0 Å². The van der Waals surface area contributed by atoms with E-state index in [-0.39, 0.29) is 0 Å². The molecule has 0 unspecified atom stereocenters. The second-order valence-electron chi connectivity index (χ2n) is 2.87. The van der Waals surface area contributed by atoms with E-state index >= 15 is 0 Å². The molecule has 0 aliphatic rings. The zero-order valence-corrected chi connectivity index (χ0v) is 7.52. The Morgan fingerprint density at radius 1 is 1.33 bits per heavy atom. The van der Waals surface area contributed by atoms with Gasteiger partial charge in [0.25, 0.3) is 0 Å². The molecule has 2 nitrogen and oxygen atoms in total. The van der Waals surface area contributed by atoms with Gasteiger partial charge in [0.2, 0.25) is 0 Å². The summed E-state index contributed by atoms with van der Waals surface area (Å²) in [6.45, 7) is 0.905. The van der Waals surface area contributed by atoms with Gasteiger partial charge in [-0.05, 0) is 19.1 Å². The highest BCUT2D eigenvalue weighted by Crippen LogP contribution is 2.39. The lowest BCUT2D eigenvalue weighted by Crippen LogP contribution is -2.12. The number of ketones is 1. The molecule has 0 atom stereocenters. The third-order valence-electron chi connectivity index (χ3n) is 1.79. The molecular weight excluding hydrogens is 216 g/mol. The van der Waals surface area contributed by atoms with Gasteiger partial charge < -0.3 is 5.11 Å². The number of hydrogen-bond donors (Lipinski definition) is 1. The lowest BCUT2D eigenvalue weighted by molar-refractivity contribution is -0.139. The van der Waals surface area contributed by atoms with Gasteiger partial charge in [0.05, 0.1) is 0 Å². The first kappa shape index (κ1) is 11.5. The maximum atomic E-state index is 12.7. The van der Waals surface area contributed by atoms with E-state index in [0.29, 0.717) is 12.1 Å². The second-order valence-corrected chi connectivity index (χ2v) is 2.87. The zero-order chi connectivity index (χ0) is 11.8. The Kier molecular flexibility index (Phi) is 2.70. The lowest BCUT2D eigenvalue weighted by atomic mass is 10.0. The van der Waals surface area contributed by atoms with Gasteiger partial charge in [-0.15, -0.1) is 0 Å². The van der Waals surface area contributed by atoms with Crippen LogP contribution in [0.2, 0.25) is 0 Å². The molecule has 0 aromatic heterocycles. The summed E-state index contributed by atoms with van der Waals surface area (Å²) in [7, 11) is 0. The minimum Gasteiger partial charge on any atom is -0.504 e. The number of phenols is 1. The van der Waals surface area contributed by atoms with Gasteiger partial charge in [-0.1, -0.05) is 0 Å². The highest BCUT2D eigenvalue weighted by molar-refractivity contribution is 5.96. The molecule has 0 fully saturated rings. The minimum absolute atomic E-state index is 0.612. The summed E-state index contributed by atoms with van der Waals surface area (Å²) in [5.41, 5.74) is -2.38. The monoisotopic (exact) mass is 222 g/mol. The molecular formula is C9H6F4O2. The van der Waals surface area contributed by atoms with Gasteiger partial charge in [-0.2, -0.15) is 13.2 Å². The fourth-order valence-corrected chi connectivity index (χ4v) is 1.15. The van der Waals surface area contributed by atoms with Crippen LogP contribution in [-0.4, -0.2) is 10.9 Å². The number of hydrogen-bond acceptors (Lipinski definition) is 2. The third-order valence-corrected chi connectivity index (χ3v) is 1.79. The van der Waals surface area contributed by atoms with Crippen molar-refractivity contribution in [1.29, 1.82) is 0 Å². The van der Waals surface area contributed by atoms with Gasteiger partial charge in [0.1, 0.15) is 5.56 Å². The summed E-state index contributed by atoms with van der Waals surface area (Å²) in [6.07, 6.45) is -4.97. The first-order valence-corrected chi connectivity index (χ1v) is 3.84. The normalized spacial score (nSPS) is 11.5. The summed E-state index contributed by atoms with van der Waals surface area (Å²) in [5.74, 6) is -3.85. The predicted molar refractivity (Wildman–Crippen MR) is 43.1 cm³/mol. The number of benzene rings is 1. The van der Waals surface area contributed by atoms with Crippen LogP contribution in [0.5, 0.6) is 5.75 Å². The predicted octanol–water partition coefficient (Wildman–Crippen LogP) is 2.75. The molecule has 0 aliphatic carbocycles. The Hall–Kier alpha value is -1.59. The smallest absolute Gasteiger partial charge is 0.420 e. The Balaban J connectivity index is 3.57. The minimum atomic E-state index is -4.97. The molecule has 0 aliphatic heterocycles. The summed E-state index contributed by atoms with van der Waals surface area (Å²) in [5, 5.41) is 8.92.